The summed E-state index contributed by atoms with van der Waals surface area (Å²) in [5, 5.41) is 2.60. The molecular weight excluding hydrogens is 605 g/mol. The first-order valence-corrected chi connectivity index (χ1v) is 18.5. The molecule has 0 spiro atoms. The highest BCUT2D eigenvalue weighted by molar-refractivity contribution is 6.02. The monoisotopic (exact) mass is 650 g/mol. The molecule has 2 heterocycles. The molecule has 1 aliphatic carbocycles. The lowest BCUT2D eigenvalue weighted by Crippen LogP contribution is -2.44. The summed E-state index contributed by atoms with van der Waals surface area (Å²) >= 11 is 0. The van der Waals surface area contributed by atoms with Crippen LogP contribution in [0.3, 0.4) is 0 Å². The summed E-state index contributed by atoms with van der Waals surface area (Å²) < 4.78 is 0. The van der Waals surface area contributed by atoms with E-state index < -0.39 is 0 Å². The van der Waals surface area contributed by atoms with Crippen LogP contribution in [0.1, 0.15) is 80.8 Å². The SMILES string of the molecule is CC1CCc2ccccc2N1c1cccc2c(/C=C/c3ccc4c(c3)C(C)(C)c3cc(N5c6ccccc6CCC5(C)C)ccc3-4)cccc12. The molecule has 2 aliphatic heterocycles. The highest BCUT2D eigenvalue weighted by Gasteiger charge is 2.38. The molecule has 0 N–H and O–H groups in total. The summed E-state index contributed by atoms with van der Waals surface area (Å²) in [6, 6.07) is 46.1. The predicted molar refractivity (Wildman–Crippen MR) is 214 cm³/mol. The zero-order valence-electron chi connectivity index (χ0n) is 30.0. The van der Waals surface area contributed by atoms with E-state index in [2.05, 4.69) is 178 Å². The maximum absolute atomic E-state index is 2.58. The van der Waals surface area contributed by atoms with Crippen molar-refractivity contribution in [1.82, 2.24) is 0 Å². The lowest BCUT2D eigenvalue weighted by atomic mass is 9.81. The molecule has 2 heteroatoms. The zero-order chi connectivity index (χ0) is 34.2. The van der Waals surface area contributed by atoms with Gasteiger partial charge in [0.05, 0.1) is 0 Å². The van der Waals surface area contributed by atoms with E-state index in [0.29, 0.717) is 6.04 Å². The van der Waals surface area contributed by atoms with E-state index in [9.17, 15) is 0 Å². The van der Waals surface area contributed by atoms with Crippen molar-refractivity contribution in [3.8, 4) is 11.1 Å². The van der Waals surface area contributed by atoms with Crippen molar-refractivity contribution in [3.63, 3.8) is 0 Å². The summed E-state index contributed by atoms with van der Waals surface area (Å²) in [5.74, 6) is 0. The number of para-hydroxylation sites is 2. The van der Waals surface area contributed by atoms with E-state index >= 15 is 0 Å². The van der Waals surface area contributed by atoms with Crippen LogP contribution in [0.15, 0.2) is 121 Å². The Morgan fingerprint density at radius 2 is 1.26 bits per heavy atom. The maximum atomic E-state index is 2.58. The van der Waals surface area contributed by atoms with Crippen LogP contribution in [0, 0.1) is 0 Å². The van der Waals surface area contributed by atoms with Crippen LogP contribution in [0.2, 0.25) is 0 Å². The van der Waals surface area contributed by atoms with Gasteiger partial charge in [-0.05, 0) is 127 Å². The Kier molecular flexibility index (Phi) is 7.11. The molecule has 248 valence electrons. The van der Waals surface area contributed by atoms with E-state index in [1.807, 2.05) is 0 Å². The third-order valence-corrected chi connectivity index (χ3v) is 12.0. The average Bonchev–Trinajstić information content (AvgIpc) is 3.35. The van der Waals surface area contributed by atoms with Crippen LogP contribution >= 0.6 is 0 Å². The topological polar surface area (TPSA) is 6.48 Å². The summed E-state index contributed by atoms with van der Waals surface area (Å²) in [6.45, 7) is 11.9. The number of fused-ring (bicyclic) bond motifs is 6. The van der Waals surface area contributed by atoms with E-state index in [1.54, 1.807) is 0 Å². The Labute approximate surface area is 297 Å². The van der Waals surface area contributed by atoms with E-state index in [1.165, 1.54) is 78.0 Å². The molecule has 1 atom stereocenters. The Morgan fingerprint density at radius 3 is 2.08 bits per heavy atom. The van der Waals surface area contributed by atoms with Gasteiger partial charge in [-0.1, -0.05) is 117 Å². The van der Waals surface area contributed by atoms with Gasteiger partial charge in [0.15, 0.2) is 0 Å². The second-order valence-corrected chi connectivity index (χ2v) is 15.9. The van der Waals surface area contributed by atoms with Gasteiger partial charge in [-0.2, -0.15) is 0 Å². The van der Waals surface area contributed by atoms with Gasteiger partial charge in [-0.3, -0.25) is 0 Å². The van der Waals surface area contributed by atoms with Crippen LogP contribution in [0.4, 0.5) is 22.7 Å². The van der Waals surface area contributed by atoms with Crippen LogP contribution < -0.4 is 9.80 Å². The number of benzene rings is 6. The third kappa shape index (κ3) is 4.83. The molecule has 9 rings (SSSR count). The quantitative estimate of drug-likeness (QED) is 0.175. The zero-order valence-corrected chi connectivity index (χ0v) is 30.0. The van der Waals surface area contributed by atoms with Gasteiger partial charge in [-0.15, -0.1) is 0 Å². The summed E-state index contributed by atoms with van der Waals surface area (Å²) in [7, 11) is 0. The van der Waals surface area contributed by atoms with Crippen LogP contribution in [-0.2, 0) is 18.3 Å². The molecular formula is C48H46N2. The Morgan fingerprint density at radius 1 is 0.600 bits per heavy atom. The van der Waals surface area contributed by atoms with Gasteiger partial charge in [-0.25, -0.2) is 0 Å². The fourth-order valence-electron chi connectivity index (χ4n) is 9.21. The molecule has 0 saturated carbocycles. The Hall–Kier alpha value is -5.08. The number of anilines is 4. The second kappa shape index (κ2) is 11.5. The lowest BCUT2D eigenvalue weighted by Gasteiger charge is -2.45. The second-order valence-electron chi connectivity index (χ2n) is 15.9. The van der Waals surface area contributed by atoms with Crippen molar-refractivity contribution in [1.29, 1.82) is 0 Å². The van der Waals surface area contributed by atoms with Crippen molar-refractivity contribution >= 4 is 45.7 Å². The van der Waals surface area contributed by atoms with Crippen LogP contribution in [-0.4, -0.2) is 11.6 Å². The standard InChI is InChI=1S/C48H46N2/c1-32-20-23-35-12-6-8-17-44(35)49(32)46-19-11-15-38-34(14-10-16-41(38)46)24-21-33-22-26-39-40-27-25-37(31-43(40)48(4,5)42(39)30-33)50-45-18-9-7-13-36(45)28-29-47(50,2)3/h6-19,21-22,24-27,30-32H,20,23,28-29H2,1-5H3/b24-21+. The third-order valence-electron chi connectivity index (χ3n) is 12.0. The van der Waals surface area contributed by atoms with E-state index in [-0.39, 0.29) is 11.0 Å². The molecule has 50 heavy (non-hydrogen) atoms. The Bertz CT molecular complexity index is 2320. The van der Waals surface area contributed by atoms with Crippen LogP contribution in [0.25, 0.3) is 34.1 Å². The van der Waals surface area contributed by atoms with Crippen LogP contribution in [0.5, 0.6) is 0 Å². The minimum atomic E-state index is -0.0975. The minimum absolute atomic E-state index is 0.0506. The van der Waals surface area contributed by atoms with Gasteiger partial charge in [0, 0.05) is 45.1 Å². The molecule has 6 aromatic rings. The van der Waals surface area contributed by atoms with Crippen molar-refractivity contribution in [2.24, 2.45) is 0 Å². The smallest absolute Gasteiger partial charge is 0.0493 e. The van der Waals surface area contributed by atoms with Gasteiger partial charge >= 0.3 is 0 Å². The average molecular weight is 651 g/mol. The summed E-state index contributed by atoms with van der Waals surface area (Å²) in [5.41, 5.74) is 16.2. The normalized spacial score (nSPS) is 18.5. The molecule has 0 radical (unpaired) electrons. The van der Waals surface area contributed by atoms with Crippen molar-refractivity contribution in [2.45, 2.75) is 77.3 Å². The fraction of sp³-hybridized carbons (Fsp3) is 0.250. The number of rotatable bonds is 4. The lowest BCUT2D eigenvalue weighted by molar-refractivity contribution is 0.447. The largest absolute Gasteiger partial charge is 0.338 e. The van der Waals surface area contributed by atoms with Crippen molar-refractivity contribution in [2.75, 3.05) is 9.80 Å². The van der Waals surface area contributed by atoms with Gasteiger partial charge in [0.1, 0.15) is 0 Å². The van der Waals surface area contributed by atoms with Gasteiger partial charge in [0.2, 0.25) is 0 Å². The molecule has 0 saturated heterocycles. The molecule has 3 aliphatic rings. The van der Waals surface area contributed by atoms with Gasteiger partial charge in [0.25, 0.3) is 0 Å². The molecule has 6 aromatic carbocycles. The summed E-state index contributed by atoms with van der Waals surface area (Å²) in [6.07, 6.45) is 9.19. The Balaban J connectivity index is 1.05. The van der Waals surface area contributed by atoms with E-state index in [4.69, 9.17) is 0 Å². The molecule has 0 fully saturated rings. The fourth-order valence-corrected chi connectivity index (χ4v) is 9.21. The first kappa shape index (κ1) is 30.9. The maximum Gasteiger partial charge on any atom is 0.0493 e. The molecule has 2 nitrogen and oxygen atoms in total. The van der Waals surface area contributed by atoms with E-state index in [0.717, 1.165) is 25.7 Å². The highest BCUT2D eigenvalue weighted by Crippen LogP contribution is 2.52. The van der Waals surface area contributed by atoms with Crippen molar-refractivity contribution < 1.29 is 0 Å². The first-order valence-electron chi connectivity index (χ1n) is 18.5. The number of aryl methyl sites for hydroxylation is 2. The highest BCUT2D eigenvalue weighted by atomic mass is 15.2. The molecule has 1 unspecified atom stereocenters. The number of nitrogens with zero attached hydrogens (tertiary/aromatic N) is 2. The van der Waals surface area contributed by atoms with Crippen molar-refractivity contribution in [3.05, 3.63) is 155 Å². The molecule has 0 bridgehead atoms. The number of hydrogen-bond acceptors (Lipinski definition) is 2. The predicted octanol–water partition coefficient (Wildman–Crippen LogP) is 12.7. The summed E-state index contributed by atoms with van der Waals surface area (Å²) in [4.78, 5) is 5.14. The molecule has 0 amide bonds. The number of hydrogen-bond donors (Lipinski definition) is 0. The first-order chi connectivity index (χ1) is 24.2. The minimum Gasteiger partial charge on any atom is -0.338 e. The molecule has 0 aromatic heterocycles. The van der Waals surface area contributed by atoms with Gasteiger partial charge < -0.3 is 9.80 Å².